The van der Waals surface area contributed by atoms with Gasteiger partial charge in [0.1, 0.15) is 30.5 Å². The second-order valence-corrected chi connectivity index (χ2v) is 14.2. The summed E-state index contributed by atoms with van der Waals surface area (Å²) in [5.74, 6) is -0.419. The lowest BCUT2D eigenvalue weighted by atomic mass is 9.99. The molecule has 6 unspecified atom stereocenters. The molecule has 1 rings (SSSR count). The Morgan fingerprint density at radius 1 is 0.745 bits per heavy atom. The molecule has 0 amide bonds. The number of hydrogen-bond donors (Lipinski definition) is 4. The largest absolute Gasteiger partial charge is 0.457 e. The lowest BCUT2D eigenvalue weighted by molar-refractivity contribution is -0.301. The van der Waals surface area contributed by atoms with Crippen LogP contribution < -0.4 is 0 Å². The van der Waals surface area contributed by atoms with E-state index in [2.05, 4.69) is 54.5 Å². The van der Waals surface area contributed by atoms with Crippen LogP contribution >= 0.6 is 0 Å². The maximum Gasteiger partial charge on any atom is 0.397 e. The van der Waals surface area contributed by atoms with Gasteiger partial charge in [-0.2, -0.15) is 8.42 Å². The van der Waals surface area contributed by atoms with Crippen molar-refractivity contribution in [1.82, 2.24) is 0 Å². The van der Waals surface area contributed by atoms with Crippen LogP contribution in [0.4, 0.5) is 0 Å². The number of ether oxygens (including phenoxy) is 4. The number of unbranched alkanes of at least 4 members (excludes halogenated alkanes) is 13. The van der Waals surface area contributed by atoms with Gasteiger partial charge in [0.05, 0.1) is 19.8 Å². The van der Waals surface area contributed by atoms with E-state index >= 15 is 0 Å². The predicted molar refractivity (Wildman–Crippen MR) is 197 cm³/mol. The molecular weight excluding hydrogens is 680 g/mol. The lowest BCUT2D eigenvalue weighted by Crippen LogP contribution is -2.60. The van der Waals surface area contributed by atoms with E-state index in [9.17, 15) is 28.5 Å². The number of carbonyl (C=O) groups is 1. The molecule has 0 spiro atoms. The molecule has 0 aromatic carbocycles. The van der Waals surface area contributed by atoms with Crippen LogP contribution in [-0.2, 0) is 38.3 Å². The molecule has 0 aromatic rings. The third kappa shape index (κ3) is 25.1. The van der Waals surface area contributed by atoms with Gasteiger partial charge in [-0.3, -0.25) is 9.35 Å². The first-order chi connectivity index (χ1) is 24.6. The fraction of sp³-hybridized carbons (Fsp3) is 0.816. The maximum atomic E-state index is 12.7. The monoisotopic (exact) mass is 748 g/mol. The number of esters is 1. The Morgan fingerprint density at radius 3 is 1.90 bits per heavy atom. The topological polar surface area (TPSA) is 178 Å². The van der Waals surface area contributed by atoms with Crippen LogP contribution in [-0.4, -0.2) is 97.5 Å². The Bertz CT molecular complexity index is 1050. The molecule has 1 fully saturated rings. The van der Waals surface area contributed by atoms with Crippen LogP contribution in [0.2, 0.25) is 0 Å². The van der Waals surface area contributed by atoms with Crippen molar-refractivity contribution in [3.05, 3.63) is 36.5 Å². The summed E-state index contributed by atoms with van der Waals surface area (Å²) >= 11 is 0. The van der Waals surface area contributed by atoms with Gasteiger partial charge >= 0.3 is 16.4 Å². The Balaban J connectivity index is 2.53. The Morgan fingerprint density at radius 2 is 1.29 bits per heavy atom. The lowest BCUT2D eigenvalue weighted by Gasteiger charge is -2.41. The van der Waals surface area contributed by atoms with Gasteiger partial charge in [0.2, 0.25) is 0 Å². The van der Waals surface area contributed by atoms with Gasteiger partial charge in [0.15, 0.2) is 6.29 Å². The fourth-order valence-electron chi connectivity index (χ4n) is 5.53. The molecule has 0 radical (unpaired) electrons. The number of allylic oxidation sites excluding steroid dienone is 6. The number of rotatable bonds is 32. The summed E-state index contributed by atoms with van der Waals surface area (Å²) in [4.78, 5) is 12.7. The predicted octanol–water partition coefficient (Wildman–Crippen LogP) is 6.68. The van der Waals surface area contributed by atoms with Crippen molar-refractivity contribution in [3.63, 3.8) is 0 Å². The van der Waals surface area contributed by atoms with Crippen LogP contribution in [0.1, 0.15) is 136 Å². The summed E-state index contributed by atoms with van der Waals surface area (Å²) in [6, 6.07) is 0. The highest BCUT2D eigenvalue weighted by Crippen LogP contribution is 2.26. The summed E-state index contributed by atoms with van der Waals surface area (Å²) < 4.78 is 58.7. The van der Waals surface area contributed by atoms with Crippen molar-refractivity contribution in [2.75, 3.05) is 26.4 Å². The van der Waals surface area contributed by atoms with Crippen LogP contribution in [0.5, 0.6) is 0 Å². The van der Waals surface area contributed by atoms with Crippen LogP contribution in [0.3, 0.4) is 0 Å². The van der Waals surface area contributed by atoms with E-state index in [-0.39, 0.29) is 19.6 Å². The van der Waals surface area contributed by atoms with E-state index in [0.717, 1.165) is 77.0 Å². The third-order valence-corrected chi connectivity index (χ3v) is 8.91. The van der Waals surface area contributed by atoms with E-state index in [0.29, 0.717) is 13.0 Å². The van der Waals surface area contributed by atoms with Gasteiger partial charge in [0.25, 0.3) is 0 Å². The molecular formula is C38H68O12S. The van der Waals surface area contributed by atoms with Crippen molar-refractivity contribution < 1.29 is 56.2 Å². The number of aliphatic hydroxyl groups excluding tert-OH is 3. The smallest absolute Gasteiger partial charge is 0.397 e. The zero-order valence-electron chi connectivity index (χ0n) is 31.2. The Hall–Kier alpha value is -1.68. The molecule has 1 heterocycles. The van der Waals surface area contributed by atoms with Gasteiger partial charge in [0, 0.05) is 13.0 Å². The van der Waals surface area contributed by atoms with Crippen molar-refractivity contribution in [2.45, 2.75) is 173 Å². The molecule has 1 saturated heterocycles. The minimum absolute atomic E-state index is 0.0254. The van der Waals surface area contributed by atoms with E-state index < -0.39 is 59.8 Å². The summed E-state index contributed by atoms with van der Waals surface area (Å²) in [5.41, 5.74) is 0. The van der Waals surface area contributed by atoms with Crippen LogP contribution in [0.15, 0.2) is 36.5 Å². The highest BCUT2D eigenvalue weighted by Gasteiger charge is 2.48. The van der Waals surface area contributed by atoms with E-state index in [1.165, 1.54) is 32.1 Å². The first-order valence-corrected chi connectivity index (χ1v) is 20.6. The minimum Gasteiger partial charge on any atom is -0.457 e. The molecule has 12 nitrogen and oxygen atoms in total. The Labute approximate surface area is 307 Å². The molecule has 0 saturated carbocycles. The summed E-state index contributed by atoms with van der Waals surface area (Å²) in [7, 11) is -5.06. The zero-order chi connectivity index (χ0) is 37.6. The molecule has 51 heavy (non-hydrogen) atoms. The number of hydrogen-bond acceptors (Lipinski definition) is 11. The van der Waals surface area contributed by atoms with Gasteiger partial charge in [-0.05, 0) is 57.8 Å². The number of carbonyl (C=O) groups excluding carboxylic acids is 1. The van der Waals surface area contributed by atoms with E-state index in [4.69, 9.17) is 23.5 Å². The van der Waals surface area contributed by atoms with Crippen molar-refractivity contribution >= 4 is 16.4 Å². The van der Waals surface area contributed by atoms with Gasteiger partial charge in [-0.1, -0.05) is 108 Å². The average Bonchev–Trinajstić information content (AvgIpc) is 3.09. The maximum absolute atomic E-state index is 12.7. The van der Waals surface area contributed by atoms with Gasteiger partial charge < -0.3 is 34.3 Å². The van der Waals surface area contributed by atoms with Crippen LogP contribution in [0, 0.1) is 0 Å². The second kappa shape index (κ2) is 30.7. The van der Waals surface area contributed by atoms with Gasteiger partial charge in [-0.15, -0.1) is 0 Å². The SMILES string of the molecule is CCC/C=C\C/C=C\CCCCCCCC(=O)OC(COCCCCCCCC/C=C\CCC)COC1OC(CO)C(O)C(OS(=O)(=O)O)C1O. The van der Waals surface area contributed by atoms with E-state index in [1.807, 2.05) is 0 Å². The normalized spacial score (nSPS) is 22.0. The minimum atomic E-state index is -5.06. The molecule has 298 valence electrons. The average molecular weight is 749 g/mol. The van der Waals surface area contributed by atoms with E-state index in [1.54, 1.807) is 0 Å². The molecule has 6 atom stereocenters. The quantitative estimate of drug-likeness (QED) is 0.0249. The first kappa shape index (κ1) is 47.3. The summed E-state index contributed by atoms with van der Waals surface area (Å²) in [6.45, 7) is 3.80. The molecule has 13 heteroatoms. The second-order valence-electron chi connectivity index (χ2n) is 13.2. The fourth-order valence-corrected chi connectivity index (χ4v) is 6.04. The van der Waals surface area contributed by atoms with Crippen LogP contribution in [0.25, 0.3) is 0 Å². The first-order valence-electron chi connectivity index (χ1n) is 19.2. The van der Waals surface area contributed by atoms with Crippen molar-refractivity contribution in [1.29, 1.82) is 0 Å². The molecule has 0 bridgehead atoms. The number of aliphatic hydroxyl groups is 3. The molecule has 0 aromatic heterocycles. The molecule has 4 N–H and O–H groups in total. The van der Waals surface area contributed by atoms with Crippen molar-refractivity contribution in [2.24, 2.45) is 0 Å². The molecule has 1 aliphatic heterocycles. The highest BCUT2D eigenvalue weighted by molar-refractivity contribution is 7.80. The molecule has 0 aliphatic carbocycles. The van der Waals surface area contributed by atoms with Crippen molar-refractivity contribution in [3.8, 4) is 0 Å². The summed E-state index contributed by atoms with van der Waals surface area (Å²) in [5, 5.41) is 30.5. The van der Waals surface area contributed by atoms with Gasteiger partial charge in [-0.25, -0.2) is 4.18 Å². The molecule has 1 aliphatic rings. The standard InChI is InChI=1S/C38H68O12S/c1-3-5-7-9-11-13-15-16-17-19-21-23-25-27-34(40)48-32(30-46-28-26-24-22-20-18-14-12-10-8-6-4-2)31-47-38-36(42)37(50-51(43,44)45)35(41)33(29-39)49-38/h7-10,13,15,32-33,35-39,41-42H,3-6,11-12,14,16-31H2,1-2H3,(H,43,44,45)/b9-7-,10-8-,15-13-. The zero-order valence-corrected chi connectivity index (χ0v) is 32.0. The summed E-state index contributed by atoms with van der Waals surface area (Å²) in [6.07, 6.45) is 23.3. The highest BCUT2D eigenvalue weighted by atomic mass is 32.3. The third-order valence-electron chi connectivity index (χ3n) is 8.45. The Kier molecular flexibility index (Phi) is 28.5.